The van der Waals surface area contributed by atoms with E-state index in [2.05, 4.69) is 4.98 Å². The van der Waals surface area contributed by atoms with E-state index in [0.717, 1.165) is 11.4 Å². The number of benzene rings is 1. The van der Waals surface area contributed by atoms with E-state index in [1.165, 1.54) is 0 Å². The van der Waals surface area contributed by atoms with Crippen LogP contribution in [0.25, 0.3) is 22.4 Å². The van der Waals surface area contributed by atoms with E-state index >= 15 is 0 Å². The molecule has 0 spiro atoms. The average Bonchev–Trinajstić information content (AvgIpc) is 3.36. The second kappa shape index (κ2) is 7.39. The zero-order valence-corrected chi connectivity index (χ0v) is 16.4. The summed E-state index contributed by atoms with van der Waals surface area (Å²) in [6, 6.07) is 14.3. The number of Topliss-reactive ketones (excluding diaryl/α,β-unsaturated/α-hetero) is 1. The molecule has 4 aromatic rings. The van der Waals surface area contributed by atoms with Crippen LogP contribution < -0.4 is 0 Å². The molecule has 0 saturated carbocycles. The fourth-order valence-corrected chi connectivity index (χ4v) is 3.32. The molecule has 0 aliphatic heterocycles. The Bertz CT molecular complexity index is 1220. The van der Waals surface area contributed by atoms with Gasteiger partial charge in [-0.25, -0.2) is 9.78 Å². The van der Waals surface area contributed by atoms with Crippen LogP contribution in [0.15, 0.2) is 59.2 Å². The summed E-state index contributed by atoms with van der Waals surface area (Å²) in [5, 5.41) is 0.659. The monoisotopic (exact) mass is 388 g/mol. The maximum absolute atomic E-state index is 12.8. The summed E-state index contributed by atoms with van der Waals surface area (Å²) in [5.74, 6) is -0.254. The van der Waals surface area contributed by atoms with E-state index in [4.69, 9.17) is 9.15 Å². The quantitative estimate of drug-likeness (QED) is 0.372. The summed E-state index contributed by atoms with van der Waals surface area (Å²) in [6.07, 6.45) is 1.55. The number of hydrogen-bond acceptors (Lipinski definition) is 5. The summed E-state index contributed by atoms with van der Waals surface area (Å²) < 4.78 is 12.7. The van der Waals surface area contributed by atoms with Crippen molar-refractivity contribution in [3.8, 4) is 11.5 Å². The van der Waals surface area contributed by atoms with Crippen molar-refractivity contribution >= 4 is 22.7 Å². The van der Waals surface area contributed by atoms with Gasteiger partial charge in [0.25, 0.3) is 0 Å². The van der Waals surface area contributed by atoms with E-state index in [-0.39, 0.29) is 12.4 Å². The lowest BCUT2D eigenvalue weighted by molar-refractivity contribution is 0.0476. The molecule has 0 atom stereocenters. The highest BCUT2D eigenvalue weighted by atomic mass is 16.5. The van der Waals surface area contributed by atoms with E-state index in [1.54, 1.807) is 30.5 Å². The highest BCUT2D eigenvalue weighted by molar-refractivity contribution is 6.06. The molecule has 0 N–H and O–H groups in total. The van der Waals surface area contributed by atoms with Crippen molar-refractivity contribution < 1.29 is 18.7 Å². The highest BCUT2D eigenvalue weighted by Crippen LogP contribution is 2.26. The molecule has 0 unspecified atom stereocenters. The predicted octanol–water partition coefficient (Wildman–Crippen LogP) is 4.49. The summed E-state index contributed by atoms with van der Waals surface area (Å²) in [5.41, 5.74) is 3.90. The molecule has 29 heavy (non-hydrogen) atoms. The molecule has 0 bridgehead atoms. The number of ketones is 1. The number of fused-ring (bicyclic) bond motifs is 1. The third-order valence-electron chi connectivity index (χ3n) is 5.12. The lowest BCUT2D eigenvalue weighted by atomic mass is 10.1. The molecule has 1 aromatic carbocycles. The Kier molecular flexibility index (Phi) is 4.76. The zero-order chi connectivity index (χ0) is 20.5. The molecular weight excluding hydrogens is 368 g/mol. The maximum Gasteiger partial charge on any atom is 0.339 e. The van der Waals surface area contributed by atoms with Gasteiger partial charge in [0.15, 0.2) is 12.4 Å². The second-order valence-corrected chi connectivity index (χ2v) is 6.89. The molecule has 6 nitrogen and oxygen atoms in total. The minimum absolute atomic E-state index is 0.232. The summed E-state index contributed by atoms with van der Waals surface area (Å²) in [7, 11) is 1.90. The van der Waals surface area contributed by atoms with Gasteiger partial charge in [0.2, 0.25) is 5.78 Å². The van der Waals surface area contributed by atoms with Gasteiger partial charge in [0.1, 0.15) is 5.69 Å². The van der Waals surface area contributed by atoms with Crippen molar-refractivity contribution in [2.75, 3.05) is 6.61 Å². The number of aryl methyl sites for hydroxylation is 1. The minimum Gasteiger partial charge on any atom is -0.463 e. The summed E-state index contributed by atoms with van der Waals surface area (Å²) in [4.78, 5) is 30.0. The third-order valence-corrected chi connectivity index (χ3v) is 5.12. The number of carbonyl (C=O) groups is 2. The molecule has 0 aliphatic carbocycles. The Morgan fingerprint density at radius 2 is 1.86 bits per heavy atom. The van der Waals surface area contributed by atoms with Crippen molar-refractivity contribution in [2.24, 2.45) is 7.05 Å². The fourth-order valence-electron chi connectivity index (χ4n) is 3.32. The molecular formula is C23H20N2O4. The average molecular weight is 388 g/mol. The van der Waals surface area contributed by atoms with Gasteiger partial charge < -0.3 is 13.7 Å². The first-order chi connectivity index (χ1) is 14.0. The molecule has 0 radical (unpaired) electrons. The van der Waals surface area contributed by atoms with Crippen molar-refractivity contribution in [3.63, 3.8) is 0 Å². The highest BCUT2D eigenvalue weighted by Gasteiger charge is 2.19. The van der Waals surface area contributed by atoms with E-state index in [0.29, 0.717) is 33.5 Å². The van der Waals surface area contributed by atoms with E-state index in [9.17, 15) is 9.59 Å². The van der Waals surface area contributed by atoms with Crippen molar-refractivity contribution in [1.29, 1.82) is 0 Å². The van der Waals surface area contributed by atoms with Gasteiger partial charge >= 0.3 is 5.97 Å². The van der Waals surface area contributed by atoms with Crippen LogP contribution in [-0.4, -0.2) is 27.9 Å². The van der Waals surface area contributed by atoms with E-state index < -0.39 is 5.97 Å². The van der Waals surface area contributed by atoms with Crippen LogP contribution in [-0.2, 0) is 11.8 Å². The first-order valence-electron chi connectivity index (χ1n) is 9.22. The Morgan fingerprint density at radius 1 is 1.07 bits per heavy atom. The van der Waals surface area contributed by atoms with Crippen LogP contribution >= 0.6 is 0 Å². The van der Waals surface area contributed by atoms with Crippen LogP contribution in [0.1, 0.15) is 32.1 Å². The van der Waals surface area contributed by atoms with Crippen molar-refractivity contribution in [2.45, 2.75) is 13.8 Å². The minimum atomic E-state index is -0.574. The molecule has 0 amide bonds. The lowest BCUT2D eigenvalue weighted by Crippen LogP contribution is -2.15. The lowest BCUT2D eigenvalue weighted by Gasteiger charge is -2.09. The van der Waals surface area contributed by atoms with E-state index in [1.807, 2.05) is 49.7 Å². The third kappa shape index (κ3) is 3.45. The molecule has 0 saturated heterocycles. The molecule has 146 valence electrons. The molecule has 3 aromatic heterocycles. The molecule has 6 heteroatoms. The smallest absolute Gasteiger partial charge is 0.339 e. The molecule has 4 rings (SSSR count). The number of hydrogen-bond donors (Lipinski definition) is 0. The number of para-hydroxylation sites is 1. The predicted molar refractivity (Wildman–Crippen MR) is 109 cm³/mol. The van der Waals surface area contributed by atoms with Crippen molar-refractivity contribution in [3.05, 3.63) is 77.3 Å². The van der Waals surface area contributed by atoms with Gasteiger partial charge in [-0.3, -0.25) is 4.79 Å². The van der Waals surface area contributed by atoms with Crippen LogP contribution in [0, 0.1) is 13.8 Å². The second-order valence-electron chi connectivity index (χ2n) is 6.89. The Hall–Kier alpha value is -3.67. The number of rotatable bonds is 5. The number of pyridine rings is 1. The van der Waals surface area contributed by atoms with Crippen LogP contribution in [0.3, 0.4) is 0 Å². The van der Waals surface area contributed by atoms with Gasteiger partial charge in [0, 0.05) is 29.4 Å². The first-order valence-corrected chi connectivity index (χ1v) is 9.22. The summed E-state index contributed by atoms with van der Waals surface area (Å²) in [6.45, 7) is 3.47. The normalized spacial score (nSPS) is 11.0. The number of carbonyl (C=O) groups excluding carboxylic acids is 2. The Balaban J connectivity index is 1.63. The van der Waals surface area contributed by atoms with Gasteiger partial charge in [-0.15, -0.1) is 0 Å². The first kappa shape index (κ1) is 18.7. The van der Waals surface area contributed by atoms with Gasteiger partial charge in [-0.2, -0.15) is 0 Å². The molecule has 0 fully saturated rings. The number of esters is 1. The number of ether oxygens (including phenoxy) is 1. The summed E-state index contributed by atoms with van der Waals surface area (Å²) >= 11 is 0. The number of furan rings is 1. The fraction of sp³-hybridized carbons (Fsp3) is 0.174. The standard InChI is InChI=1S/C23H20N2O4/c1-14-11-17(15(2)25(14)3)21(26)13-29-23(27)18-12-20(22-9-6-10-28-22)24-19-8-5-4-7-16(18)19/h4-12H,13H2,1-3H3. The topological polar surface area (TPSA) is 74.3 Å². The number of nitrogens with zero attached hydrogens (tertiary/aromatic N) is 2. The number of aromatic nitrogens is 2. The Morgan fingerprint density at radius 3 is 2.55 bits per heavy atom. The largest absolute Gasteiger partial charge is 0.463 e. The van der Waals surface area contributed by atoms with Crippen LogP contribution in [0.5, 0.6) is 0 Å². The van der Waals surface area contributed by atoms with Crippen LogP contribution in [0.4, 0.5) is 0 Å². The SMILES string of the molecule is Cc1cc(C(=O)COC(=O)c2cc(-c3ccco3)nc3ccccc23)c(C)n1C. The van der Waals surface area contributed by atoms with Crippen molar-refractivity contribution in [1.82, 2.24) is 9.55 Å². The Labute approximate surface area is 167 Å². The van der Waals surface area contributed by atoms with Gasteiger partial charge in [-0.1, -0.05) is 18.2 Å². The molecule has 3 heterocycles. The zero-order valence-electron chi connectivity index (χ0n) is 16.4. The van der Waals surface area contributed by atoms with Gasteiger partial charge in [-0.05, 0) is 44.2 Å². The van der Waals surface area contributed by atoms with Gasteiger partial charge in [0.05, 0.1) is 17.3 Å². The molecule has 0 aliphatic rings. The van der Waals surface area contributed by atoms with Crippen LogP contribution in [0.2, 0.25) is 0 Å². The maximum atomic E-state index is 12.8.